The number of β-amino-alcohol motifs (C(OH)–C–C–N with tert-alkyl or cyclic N) is 1. The molecule has 0 aromatic heterocycles. The molecule has 82 valence electrons. The van der Waals surface area contributed by atoms with Gasteiger partial charge in [0, 0.05) is 6.54 Å². The number of nitrogens with one attached hydrogen (secondary N) is 1. The third kappa shape index (κ3) is 2.80. The van der Waals surface area contributed by atoms with Crippen molar-refractivity contribution in [1.82, 2.24) is 5.32 Å². The quantitative estimate of drug-likeness (QED) is 0.767. The minimum absolute atomic E-state index is 0.181. The summed E-state index contributed by atoms with van der Waals surface area (Å²) in [4.78, 5) is 0. The lowest BCUT2D eigenvalue weighted by Crippen LogP contribution is -2.41. The summed E-state index contributed by atoms with van der Waals surface area (Å²) in [7, 11) is 0. The van der Waals surface area contributed by atoms with Crippen molar-refractivity contribution in [2.75, 3.05) is 13.1 Å². The van der Waals surface area contributed by atoms with E-state index >= 15 is 0 Å². The van der Waals surface area contributed by atoms with Gasteiger partial charge in [0.25, 0.3) is 0 Å². The van der Waals surface area contributed by atoms with Crippen molar-refractivity contribution in [2.45, 2.75) is 25.9 Å². The number of benzene rings is 1. The number of aliphatic hydroxyl groups excluding tert-OH is 1. The summed E-state index contributed by atoms with van der Waals surface area (Å²) in [6.45, 7) is 3.88. The van der Waals surface area contributed by atoms with Gasteiger partial charge in [0.15, 0.2) is 0 Å². The van der Waals surface area contributed by atoms with Crippen LogP contribution < -0.4 is 5.32 Å². The standard InChI is InChI=1S/C13H19NO/c1-10-2-4-11(5-3-10)8-12-6-7-14-9-13(12)15/h2-5,12-15H,6-9H2,1H3/t12-,13+/m1/s1. The fourth-order valence-electron chi connectivity index (χ4n) is 2.16. The summed E-state index contributed by atoms with van der Waals surface area (Å²) in [6.07, 6.45) is 1.90. The Kier molecular flexibility index (Phi) is 3.39. The van der Waals surface area contributed by atoms with Gasteiger partial charge in [0.05, 0.1) is 6.10 Å². The van der Waals surface area contributed by atoms with Gasteiger partial charge in [-0.05, 0) is 37.8 Å². The first-order valence-electron chi connectivity index (χ1n) is 5.70. The summed E-state index contributed by atoms with van der Waals surface area (Å²) < 4.78 is 0. The second-order valence-electron chi connectivity index (χ2n) is 4.51. The average Bonchev–Trinajstić information content (AvgIpc) is 2.25. The zero-order chi connectivity index (χ0) is 10.7. The Hall–Kier alpha value is -0.860. The molecule has 0 spiro atoms. The van der Waals surface area contributed by atoms with Gasteiger partial charge >= 0.3 is 0 Å². The summed E-state index contributed by atoms with van der Waals surface area (Å²) in [5.41, 5.74) is 2.64. The Morgan fingerprint density at radius 3 is 2.73 bits per heavy atom. The molecule has 0 saturated carbocycles. The van der Waals surface area contributed by atoms with Gasteiger partial charge in [-0.15, -0.1) is 0 Å². The SMILES string of the molecule is Cc1ccc(C[C@H]2CCNC[C@@H]2O)cc1. The van der Waals surface area contributed by atoms with Crippen LogP contribution >= 0.6 is 0 Å². The van der Waals surface area contributed by atoms with Crippen molar-refractivity contribution < 1.29 is 5.11 Å². The molecule has 1 fully saturated rings. The topological polar surface area (TPSA) is 32.3 Å². The molecule has 1 saturated heterocycles. The van der Waals surface area contributed by atoms with E-state index in [1.54, 1.807) is 0 Å². The zero-order valence-corrected chi connectivity index (χ0v) is 9.24. The first kappa shape index (κ1) is 10.7. The van der Waals surface area contributed by atoms with Gasteiger partial charge in [-0.3, -0.25) is 0 Å². The number of hydrogen-bond donors (Lipinski definition) is 2. The van der Waals surface area contributed by atoms with Crippen LogP contribution in [0.3, 0.4) is 0 Å². The van der Waals surface area contributed by atoms with Crippen LogP contribution in [-0.2, 0) is 6.42 Å². The maximum Gasteiger partial charge on any atom is 0.0696 e. The molecule has 15 heavy (non-hydrogen) atoms. The molecule has 2 N–H and O–H groups in total. The lowest BCUT2D eigenvalue weighted by atomic mass is 9.88. The average molecular weight is 205 g/mol. The molecule has 2 rings (SSSR count). The second-order valence-corrected chi connectivity index (χ2v) is 4.51. The predicted molar refractivity (Wildman–Crippen MR) is 61.9 cm³/mol. The first-order valence-corrected chi connectivity index (χ1v) is 5.70. The maximum atomic E-state index is 9.82. The normalized spacial score (nSPS) is 26.5. The van der Waals surface area contributed by atoms with E-state index in [-0.39, 0.29) is 6.10 Å². The second kappa shape index (κ2) is 4.77. The molecule has 2 nitrogen and oxygen atoms in total. The Balaban J connectivity index is 1.98. The monoisotopic (exact) mass is 205 g/mol. The van der Waals surface area contributed by atoms with Crippen LogP contribution in [-0.4, -0.2) is 24.3 Å². The highest BCUT2D eigenvalue weighted by Gasteiger charge is 2.22. The lowest BCUT2D eigenvalue weighted by molar-refractivity contribution is 0.0820. The molecular weight excluding hydrogens is 186 g/mol. The van der Waals surface area contributed by atoms with E-state index in [1.807, 2.05) is 0 Å². The van der Waals surface area contributed by atoms with Crippen LogP contribution in [0.5, 0.6) is 0 Å². The molecule has 0 aliphatic carbocycles. The van der Waals surface area contributed by atoms with Crippen molar-refractivity contribution >= 4 is 0 Å². The van der Waals surface area contributed by atoms with Gasteiger partial charge in [-0.25, -0.2) is 0 Å². The third-order valence-electron chi connectivity index (χ3n) is 3.21. The highest BCUT2D eigenvalue weighted by molar-refractivity contribution is 5.21. The molecule has 1 aliphatic rings. The Labute approximate surface area is 91.3 Å². The molecule has 2 atom stereocenters. The summed E-state index contributed by atoms with van der Waals surface area (Å²) in [5, 5.41) is 13.0. The van der Waals surface area contributed by atoms with Crippen molar-refractivity contribution in [1.29, 1.82) is 0 Å². The van der Waals surface area contributed by atoms with Crippen LogP contribution in [0.15, 0.2) is 24.3 Å². The van der Waals surface area contributed by atoms with E-state index < -0.39 is 0 Å². The van der Waals surface area contributed by atoms with E-state index in [2.05, 4.69) is 36.5 Å². The smallest absolute Gasteiger partial charge is 0.0696 e. The number of piperidine rings is 1. The number of hydrogen-bond acceptors (Lipinski definition) is 2. The van der Waals surface area contributed by atoms with Crippen LogP contribution in [0.2, 0.25) is 0 Å². The van der Waals surface area contributed by atoms with Crippen LogP contribution in [0.25, 0.3) is 0 Å². The molecule has 0 amide bonds. The van der Waals surface area contributed by atoms with E-state index in [0.717, 1.165) is 25.9 Å². The zero-order valence-electron chi connectivity index (χ0n) is 9.24. The minimum Gasteiger partial charge on any atom is -0.392 e. The fraction of sp³-hybridized carbons (Fsp3) is 0.538. The van der Waals surface area contributed by atoms with Crippen LogP contribution in [0, 0.1) is 12.8 Å². The summed E-state index contributed by atoms with van der Waals surface area (Å²) in [5.74, 6) is 0.425. The van der Waals surface area contributed by atoms with Gasteiger partial charge < -0.3 is 10.4 Å². The molecule has 1 heterocycles. The summed E-state index contributed by atoms with van der Waals surface area (Å²) >= 11 is 0. The Morgan fingerprint density at radius 2 is 2.07 bits per heavy atom. The van der Waals surface area contributed by atoms with Crippen molar-refractivity contribution in [2.24, 2.45) is 5.92 Å². The van der Waals surface area contributed by atoms with E-state index in [0.29, 0.717) is 5.92 Å². The van der Waals surface area contributed by atoms with Crippen LogP contribution in [0.1, 0.15) is 17.5 Å². The molecule has 0 unspecified atom stereocenters. The van der Waals surface area contributed by atoms with Gasteiger partial charge in [0.2, 0.25) is 0 Å². The van der Waals surface area contributed by atoms with E-state index in [1.165, 1.54) is 11.1 Å². The highest BCUT2D eigenvalue weighted by Crippen LogP contribution is 2.18. The third-order valence-corrected chi connectivity index (χ3v) is 3.21. The van der Waals surface area contributed by atoms with E-state index in [9.17, 15) is 5.11 Å². The van der Waals surface area contributed by atoms with Crippen molar-refractivity contribution in [3.63, 3.8) is 0 Å². The van der Waals surface area contributed by atoms with Crippen LogP contribution in [0.4, 0.5) is 0 Å². The lowest BCUT2D eigenvalue weighted by Gasteiger charge is -2.28. The Bertz CT molecular complexity index is 307. The molecule has 2 heteroatoms. The van der Waals surface area contributed by atoms with E-state index in [4.69, 9.17) is 0 Å². The molecule has 0 radical (unpaired) electrons. The molecule has 1 aromatic carbocycles. The minimum atomic E-state index is -0.181. The highest BCUT2D eigenvalue weighted by atomic mass is 16.3. The molecular formula is C13H19NO. The predicted octanol–water partition coefficient (Wildman–Crippen LogP) is 1.51. The largest absolute Gasteiger partial charge is 0.392 e. The number of aryl methyl sites for hydroxylation is 1. The number of aliphatic hydroxyl groups is 1. The van der Waals surface area contributed by atoms with Gasteiger partial charge in [-0.1, -0.05) is 29.8 Å². The first-order chi connectivity index (χ1) is 7.25. The molecule has 0 bridgehead atoms. The van der Waals surface area contributed by atoms with Crippen molar-refractivity contribution in [3.8, 4) is 0 Å². The van der Waals surface area contributed by atoms with Gasteiger partial charge in [0.1, 0.15) is 0 Å². The number of rotatable bonds is 2. The maximum absolute atomic E-state index is 9.82. The van der Waals surface area contributed by atoms with Crippen molar-refractivity contribution in [3.05, 3.63) is 35.4 Å². The Morgan fingerprint density at radius 1 is 1.33 bits per heavy atom. The van der Waals surface area contributed by atoms with Gasteiger partial charge in [-0.2, -0.15) is 0 Å². The summed E-state index contributed by atoms with van der Waals surface area (Å²) in [6, 6.07) is 8.62. The molecule has 1 aliphatic heterocycles. The fourth-order valence-corrected chi connectivity index (χ4v) is 2.16. The molecule has 1 aromatic rings.